The molecule has 0 atom stereocenters. The second-order valence-corrected chi connectivity index (χ2v) is 15.4. The first-order valence-corrected chi connectivity index (χ1v) is 26.3. The van der Waals surface area contributed by atoms with E-state index in [1.165, 1.54) is 132 Å². The summed E-state index contributed by atoms with van der Waals surface area (Å²) in [4.78, 5) is 87.1. The fourth-order valence-corrected chi connectivity index (χ4v) is 6.14. The molecule has 0 fully saturated rings. The minimum atomic E-state index is -0.522. The number of nitrogen functional groups attached to an aromatic ring is 3. The van der Waals surface area contributed by atoms with Crippen molar-refractivity contribution in [2.75, 3.05) is 80.6 Å². The summed E-state index contributed by atoms with van der Waals surface area (Å²) in [7, 11) is 13.1. The number of hydrogen-bond donors (Lipinski definition) is 12. The Morgan fingerprint density at radius 1 is 0.441 bits per heavy atom. The van der Waals surface area contributed by atoms with Crippen LogP contribution in [-0.4, -0.2) is 207 Å². The van der Waals surface area contributed by atoms with Crippen LogP contribution in [-0.2, 0) is 155 Å². The van der Waals surface area contributed by atoms with Crippen LogP contribution in [0.25, 0.3) is 34.8 Å². The van der Waals surface area contributed by atoms with Crippen LogP contribution < -0.4 is 60.3 Å². The molecule has 0 amide bonds. The van der Waals surface area contributed by atoms with E-state index in [1.54, 1.807) is 27.0 Å². The van der Waals surface area contributed by atoms with Crippen molar-refractivity contribution in [2.24, 2.45) is 5.73 Å². The molecule has 0 aliphatic carbocycles. The molecule has 0 aromatic carbocycles. The van der Waals surface area contributed by atoms with Crippen molar-refractivity contribution in [3.63, 3.8) is 0 Å². The Hall–Kier alpha value is -7.99. The number of ether oxygens (including phenoxy) is 8. The summed E-state index contributed by atoms with van der Waals surface area (Å²) in [5.74, 6) is -0.658. The number of aldehydes is 1. The second-order valence-electron chi connectivity index (χ2n) is 15.4. The van der Waals surface area contributed by atoms with Gasteiger partial charge in [-0.05, 0) is 13.5 Å². The number of aromatic amines is 1. The standard InChI is InChI=1S/C11H10N6O3.3C11H12N6O3.C2H7N.C2H4O.3C2H5.CH3O.6CH4.4CH3.3H3N.4Y/c1-19-9-8-7(4-12-16-8)14-11(15-9)17-5-6(3-13-17)10(18)20-2;3*1-19-9-8(13)7(3-12)15-11(16-9)17-5-6(4-14-17)10(18)20-2;2*1-2-3;4*1-2;;;;;;;;;;;;;;;;;/h3-5H,1-2H3,(H,12,16);3*3-5,12H,13H2,1-2H3;2-3H2,1H3;2H,1H3;3*1H2,2H3;2H,1H2;6*1H4;7*1H3;;;;/q;;;;;;4*-1;;;;;;;4*-1;;;;;;;. The van der Waals surface area contributed by atoms with Gasteiger partial charge in [-0.1, -0.05) is 51.5 Å². The first kappa shape index (κ1) is 148. The summed E-state index contributed by atoms with van der Waals surface area (Å²) in [6, 6.07) is 0. The molecule has 0 unspecified atom stereocenters. The smallest absolute Gasteiger partial charge is 0.341 e. The van der Waals surface area contributed by atoms with Crippen molar-refractivity contribution < 1.29 is 198 Å². The summed E-state index contributed by atoms with van der Waals surface area (Å²) in [5, 5.41) is 51.1. The molecule has 22 N–H and O–H groups in total. The number of nitrogens with one attached hydrogen (secondary N) is 4. The van der Waals surface area contributed by atoms with Crippen LogP contribution in [0.4, 0.5) is 17.1 Å². The third kappa shape index (κ3) is 44.2. The van der Waals surface area contributed by atoms with Crippen LogP contribution in [0.1, 0.15) is 138 Å². The van der Waals surface area contributed by atoms with Crippen molar-refractivity contribution in [3.05, 3.63) is 153 Å². The van der Waals surface area contributed by atoms with E-state index in [0.717, 1.165) is 31.5 Å². The third-order valence-corrected chi connectivity index (χ3v) is 10.1. The number of carbonyl (C=O) groups is 5. The number of anilines is 3. The molecular weight excluding hydrogens is 1750 g/mol. The predicted molar refractivity (Wildman–Crippen MR) is 423 cm³/mol. The number of methoxy groups -OCH3 is 8. The molecule has 0 saturated heterocycles. The Morgan fingerprint density at radius 3 is 0.829 bits per heavy atom. The van der Waals surface area contributed by atoms with Crippen molar-refractivity contribution in [2.45, 2.75) is 79.2 Å². The zero-order chi connectivity index (χ0) is 71.6. The maximum absolute atomic E-state index is 11.4. The van der Waals surface area contributed by atoms with Gasteiger partial charge in [0.1, 0.15) is 51.5 Å². The molecule has 0 aliphatic heterocycles. The van der Waals surface area contributed by atoms with Gasteiger partial charge in [-0.15, -0.1) is 0 Å². The topological polar surface area (TPSA) is 663 Å². The SMILES string of the molecule is C.C.C.C.C.C.CC=O.CCN.COC(=O)c1cnn(-c2nc(C=N)c(N)c(OC)n2)c1.COC(=O)c1cnn(-c2nc(C=N)c(N)c(OC)n2)c1.COC(=O)c1cnn(-c2nc(C=N)c(N)c(OC)n2)c1.COC(=O)c1cnn(-c2nc(OC)c3[nH]ncc3n2)c1.N.N.N.[CH2-]C.[CH2-]C.[CH2-]C.[CH2-]O.[CH3-].[CH3-].[CH3-].[CH3-].[Y].[Y].[Y].[Y]. The van der Waals surface area contributed by atoms with E-state index in [9.17, 15) is 19.2 Å². The summed E-state index contributed by atoms with van der Waals surface area (Å²) in [6.07, 6.45) is 16.3. The van der Waals surface area contributed by atoms with Gasteiger partial charge >= 0.3 is 23.9 Å². The molecule has 9 aromatic rings. The van der Waals surface area contributed by atoms with Crippen LogP contribution >= 0.6 is 0 Å². The number of rotatable bonds is 15. The van der Waals surface area contributed by atoms with E-state index in [4.69, 9.17) is 68.0 Å². The van der Waals surface area contributed by atoms with Gasteiger partial charge in [-0.3, -0.25) is 5.10 Å². The van der Waals surface area contributed by atoms with Crippen LogP contribution in [0.3, 0.4) is 0 Å². The molecule has 0 bridgehead atoms. The molecule has 9 aromatic heterocycles. The summed E-state index contributed by atoms with van der Waals surface area (Å²) < 4.78 is 43.7. The van der Waals surface area contributed by atoms with Crippen molar-refractivity contribution in [1.82, 2.24) is 108 Å². The Balaban J connectivity index is -0.0000000586. The first-order chi connectivity index (χ1) is 45.4. The first-order valence-electron chi connectivity index (χ1n) is 26.3. The van der Waals surface area contributed by atoms with Gasteiger partial charge in [0.15, 0.2) is 0 Å². The average Bonchev–Trinajstić information content (AvgIpc) is 1.66. The predicted octanol–water partition coefficient (Wildman–Crippen LogP) is 9.38. The number of esters is 4. The molecule has 9 heterocycles. The average molecular weight is 1870 g/mol. The molecule has 0 aliphatic rings. The fraction of sp³-hybridized carbons (Fsp3) is 0.308. The number of carbonyl (C=O) groups excluding carboxylic acids is 5. The Morgan fingerprint density at radius 2 is 0.640 bits per heavy atom. The zero-order valence-corrected chi connectivity index (χ0v) is 73.5. The Labute approximate surface area is 756 Å². The van der Waals surface area contributed by atoms with Gasteiger partial charge in [-0.2, -0.15) is 66.2 Å². The largest absolute Gasteiger partial charge is 0.569 e. The minimum absolute atomic E-state index is 0. The molecule has 4 radical (unpaired) electrons. The van der Waals surface area contributed by atoms with E-state index in [1.807, 2.05) is 6.92 Å². The van der Waals surface area contributed by atoms with E-state index in [-0.39, 0.29) is 316 Å². The maximum Gasteiger partial charge on any atom is 0.341 e. The van der Waals surface area contributed by atoms with Gasteiger partial charge in [0.25, 0.3) is 23.8 Å². The van der Waals surface area contributed by atoms with Crippen LogP contribution in [0.5, 0.6) is 23.5 Å². The fourth-order valence-electron chi connectivity index (χ4n) is 6.14. The normalized spacial score (nSPS) is 7.88. The number of H-pyrrole nitrogens is 1. The molecule has 9 rings (SSSR count). The molecule has 0 saturated carbocycles. The summed E-state index contributed by atoms with van der Waals surface area (Å²) in [6.45, 7) is 19.1. The van der Waals surface area contributed by atoms with Crippen LogP contribution in [0.2, 0.25) is 0 Å². The third-order valence-electron chi connectivity index (χ3n) is 10.1. The monoisotopic (exact) mass is 1870 g/mol. The maximum atomic E-state index is 11.4. The number of aliphatic hydroxyl groups excluding tert-OH is 1. The van der Waals surface area contributed by atoms with Gasteiger partial charge in [0.2, 0.25) is 23.5 Å². The molecule has 46 heteroatoms. The number of fused-ring (bicyclic) bond motifs is 1. The summed E-state index contributed by atoms with van der Waals surface area (Å²) >= 11 is 0. The van der Waals surface area contributed by atoms with Gasteiger partial charge < -0.3 is 156 Å². The summed E-state index contributed by atoms with van der Waals surface area (Å²) in [5.41, 5.74) is 25.3. The second kappa shape index (κ2) is 83.0. The molecular formula is C65H120N28O14Y4-8. The van der Waals surface area contributed by atoms with Gasteiger partial charge in [-0.25, -0.2) is 65.0 Å². The van der Waals surface area contributed by atoms with Gasteiger partial charge in [0.05, 0.1) is 110 Å². The zero-order valence-electron chi connectivity index (χ0n) is 62.1. The number of aromatic nitrogens is 18. The van der Waals surface area contributed by atoms with E-state index in [2.05, 4.69) is 117 Å². The number of hydrogen-bond acceptors (Lipinski definition) is 37. The van der Waals surface area contributed by atoms with E-state index in [0.29, 0.717) is 22.5 Å². The van der Waals surface area contributed by atoms with E-state index < -0.39 is 23.9 Å². The molecule has 624 valence electrons. The Bertz CT molecular complexity index is 3590. The number of nitrogens with zero attached hydrogens (tertiary/aromatic N) is 17. The van der Waals surface area contributed by atoms with E-state index >= 15 is 0 Å². The molecule has 111 heavy (non-hydrogen) atoms. The number of aliphatic hydroxyl groups is 1. The molecule has 0 spiro atoms. The van der Waals surface area contributed by atoms with Crippen LogP contribution in [0, 0.1) is 73.8 Å². The van der Waals surface area contributed by atoms with Crippen molar-refractivity contribution in [3.8, 4) is 47.3 Å². The molecule has 42 nitrogen and oxygen atoms in total. The van der Waals surface area contributed by atoms with Crippen molar-refractivity contribution >= 4 is 76.9 Å². The van der Waals surface area contributed by atoms with Gasteiger partial charge in [0, 0.05) is 174 Å². The van der Waals surface area contributed by atoms with Crippen molar-refractivity contribution in [1.29, 1.82) is 16.2 Å². The number of nitrogens with two attached hydrogens (primary N) is 4. The minimum Gasteiger partial charge on any atom is -0.569 e. The quantitative estimate of drug-likeness (QED) is 0.0149. The Kier molecular flexibility index (Phi) is 111. The van der Waals surface area contributed by atoms with Crippen LogP contribution in [0.15, 0.2) is 55.8 Å².